The van der Waals surface area contributed by atoms with Gasteiger partial charge in [-0.15, -0.1) is 0 Å². The number of aromatic nitrogens is 2. The van der Waals surface area contributed by atoms with Crippen LogP contribution in [0.2, 0.25) is 0 Å². The average molecular weight is 249 g/mol. The van der Waals surface area contributed by atoms with E-state index in [1.807, 2.05) is 6.20 Å². The molecular formula is C14H23N3O. The fourth-order valence-electron chi connectivity index (χ4n) is 2.47. The highest BCUT2D eigenvalue weighted by atomic mass is 16.3. The Morgan fingerprint density at radius 3 is 2.83 bits per heavy atom. The molecule has 1 aliphatic heterocycles. The molecule has 2 rings (SSSR count). The van der Waals surface area contributed by atoms with Gasteiger partial charge in [-0.05, 0) is 12.3 Å². The molecular weight excluding hydrogens is 226 g/mol. The van der Waals surface area contributed by atoms with Crippen molar-refractivity contribution in [3.63, 3.8) is 0 Å². The molecule has 100 valence electrons. The van der Waals surface area contributed by atoms with Crippen molar-refractivity contribution in [2.45, 2.75) is 46.1 Å². The lowest BCUT2D eigenvalue weighted by atomic mass is 10.1. The molecule has 0 saturated carbocycles. The van der Waals surface area contributed by atoms with Crippen LogP contribution < -0.4 is 4.90 Å². The van der Waals surface area contributed by atoms with Gasteiger partial charge in [-0.1, -0.05) is 27.2 Å². The van der Waals surface area contributed by atoms with E-state index in [1.54, 1.807) is 0 Å². The van der Waals surface area contributed by atoms with Gasteiger partial charge in [0.2, 0.25) is 0 Å². The first-order chi connectivity index (χ1) is 8.65. The Hall–Kier alpha value is -1.16. The second-order valence-electron chi connectivity index (χ2n) is 5.38. The minimum Gasteiger partial charge on any atom is -0.390 e. The van der Waals surface area contributed by atoms with Crippen molar-refractivity contribution >= 4 is 5.69 Å². The summed E-state index contributed by atoms with van der Waals surface area (Å²) in [6.07, 6.45) is 4.33. The van der Waals surface area contributed by atoms with Gasteiger partial charge in [-0.25, -0.2) is 9.97 Å². The fraction of sp³-hybridized carbons (Fsp3) is 0.714. The molecule has 2 heterocycles. The zero-order chi connectivity index (χ0) is 13.1. The summed E-state index contributed by atoms with van der Waals surface area (Å²) >= 11 is 0. The number of aliphatic hydroxyl groups is 1. The van der Waals surface area contributed by atoms with Crippen LogP contribution in [0, 0.1) is 5.92 Å². The molecule has 1 fully saturated rings. The molecule has 18 heavy (non-hydrogen) atoms. The molecule has 4 heteroatoms. The van der Waals surface area contributed by atoms with Crippen LogP contribution in [-0.2, 0) is 6.61 Å². The lowest BCUT2D eigenvalue weighted by molar-refractivity contribution is 0.276. The molecule has 1 aromatic heterocycles. The summed E-state index contributed by atoms with van der Waals surface area (Å²) in [6.45, 7) is 8.48. The van der Waals surface area contributed by atoms with Crippen LogP contribution in [0.4, 0.5) is 5.69 Å². The SMILES string of the molecule is CCC1CCN(c2cnc(C(C)C)nc2CO)C1. The smallest absolute Gasteiger partial charge is 0.131 e. The average Bonchev–Trinajstić information content (AvgIpc) is 2.86. The molecule has 0 aliphatic carbocycles. The molecule has 0 spiro atoms. The van der Waals surface area contributed by atoms with Crippen LogP contribution in [0.5, 0.6) is 0 Å². The van der Waals surface area contributed by atoms with Gasteiger partial charge >= 0.3 is 0 Å². The Labute approximate surface area is 109 Å². The quantitative estimate of drug-likeness (QED) is 0.889. The van der Waals surface area contributed by atoms with Crippen molar-refractivity contribution in [1.29, 1.82) is 0 Å². The highest BCUT2D eigenvalue weighted by molar-refractivity contribution is 5.49. The maximum atomic E-state index is 9.49. The van der Waals surface area contributed by atoms with Gasteiger partial charge in [0.15, 0.2) is 0 Å². The summed E-state index contributed by atoms with van der Waals surface area (Å²) in [5, 5.41) is 9.49. The van der Waals surface area contributed by atoms with Crippen LogP contribution in [0.15, 0.2) is 6.20 Å². The molecule has 1 aromatic rings. The molecule has 1 aliphatic rings. The predicted molar refractivity (Wildman–Crippen MR) is 72.7 cm³/mol. The van der Waals surface area contributed by atoms with Crippen LogP contribution in [-0.4, -0.2) is 28.2 Å². The van der Waals surface area contributed by atoms with E-state index in [2.05, 4.69) is 35.6 Å². The van der Waals surface area contributed by atoms with E-state index in [0.29, 0.717) is 5.92 Å². The number of nitrogens with zero attached hydrogens (tertiary/aromatic N) is 3. The monoisotopic (exact) mass is 249 g/mol. The number of anilines is 1. The molecule has 1 N–H and O–H groups in total. The van der Waals surface area contributed by atoms with Gasteiger partial charge in [-0.2, -0.15) is 0 Å². The van der Waals surface area contributed by atoms with E-state index >= 15 is 0 Å². The van der Waals surface area contributed by atoms with Crippen molar-refractivity contribution in [3.05, 3.63) is 17.7 Å². The van der Waals surface area contributed by atoms with Crippen LogP contribution in [0.25, 0.3) is 0 Å². The number of hydrogen-bond donors (Lipinski definition) is 1. The van der Waals surface area contributed by atoms with Crippen molar-refractivity contribution in [2.75, 3.05) is 18.0 Å². The number of hydrogen-bond acceptors (Lipinski definition) is 4. The summed E-state index contributed by atoms with van der Waals surface area (Å²) < 4.78 is 0. The molecule has 1 atom stereocenters. The van der Waals surface area contributed by atoms with E-state index in [-0.39, 0.29) is 6.61 Å². The fourth-order valence-corrected chi connectivity index (χ4v) is 2.47. The normalized spacial score (nSPS) is 19.8. The highest BCUT2D eigenvalue weighted by Gasteiger charge is 2.24. The van der Waals surface area contributed by atoms with Gasteiger partial charge in [0.25, 0.3) is 0 Å². The van der Waals surface area contributed by atoms with E-state index in [4.69, 9.17) is 0 Å². The first-order valence-electron chi connectivity index (χ1n) is 6.87. The largest absolute Gasteiger partial charge is 0.390 e. The molecule has 0 radical (unpaired) electrons. The summed E-state index contributed by atoms with van der Waals surface area (Å²) in [4.78, 5) is 11.2. The summed E-state index contributed by atoms with van der Waals surface area (Å²) in [5.41, 5.74) is 1.78. The minimum absolute atomic E-state index is 0.00906. The first kappa shape index (κ1) is 13.3. The van der Waals surface area contributed by atoms with Crippen LogP contribution >= 0.6 is 0 Å². The molecule has 1 saturated heterocycles. The third kappa shape index (κ3) is 2.64. The Morgan fingerprint density at radius 1 is 1.50 bits per heavy atom. The Kier molecular flexibility index (Phi) is 4.17. The first-order valence-corrected chi connectivity index (χ1v) is 6.87. The second kappa shape index (κ2) is 5.65. The molecule has 4 nitrogen and oxygen atoms in total. The molecule has 0 amide bonds. The maximum absolute atomic E-state index is 9.49. The Morgan fingerprint density at radius 2 is 2.28 bits per heavy atom. The van der Waals surface area contributed by atoms with Gasteiger partial charge in [-0.3, -0.25) is 0 Å². The third-order valence-corrected chi connectivity index (χ3v) is 3.73. The summed E-state index contributed by atoms with van der Waals surface area (Å²) in [7, 11) is 0. The molecule has 0 aromatic carbocycles. The van der Waals surface area contributed by atoms with Crippen molar-refractivity contribution in [3.8, 4) is 0 Å². The van der Waals surface area contributed by atoms with Gasteiger partial charge < -0.3 is 10.0 Å². The third-order valence-electron chi connectivity index (χ3n) is 3.73. The molecule has 0 bridgehead atoms. The van der Waals surface area contributed by atoms with Gasteiger partial charge in [0, 0.05) is 19.0 Å². The lowest BCUT2D eigenvalue weighted by Crippen LogP contribution is -2.22. The standard InChI is InChI=1S/C14H23N3O/c1-4-11-5-6-17(8-11)13-7-15-14(10(2)3)16-12(13)9-18/h7,10-11,18H,4-6,8-9H2,1-3H3. The van der Waals surface area contributed by atoms with Gasteiger partial charge in [0.1, 0.15) is 5.82 Å². The Balaban J connectivity index is 2.23. The van der Waals surface area contributed by atoms with Crippen molar-refractivity contribution in [2.24, 2.45) is 5.92 Å². The maximum Gasteiger partial charge on any atom is 0.131 e. The van der Waals surface area contributed by atoms with E-state index in [9.17, 15) is 5.11 Å². The Bertz CT molecular complexity index is 406. The number of aliphatic hydroxyl groups excluding tert-OH is 1. The van der Waals surface area contributed by atoms with Crippen LogP contribution in [0.3, 0.4) is 0 Å². The highest BCUT2D eigenvalue weighted by Crippen LogP contribution is 2.27. The van der Waals surface area contributed by atoms with E-state index < -0.39 is 0 Å². The van der Waals surface area contributed by atoms with Crippen molar-refractivity contribution in [1.82, 2.24) is 9.97 Å². The van der Waals surface area contributed by atoms with Gasteiger partial charge in [0.05, 0.1) is 24.2 Å². The molecule has 1 unspecified atom stereocenters. The zero-order valence-corrected chi connectivity index (χ0v) is 11.6. The van der Waals surface area contributed by atoms with E-state index in [1.165, 1.54) is 12.8 Å². The second-order valence-corrected chi connectivity index (χ2v) is 5.38. The topological polar surface area (TPSA) is 49.2 Å². The minimum atomic E-state index is -0.00906. The summed E-state index contributed by atoms with van der Waals surface area (Å²) in [5.74, 6) is 1.88. The van der Waals surface area contributed by atoms with Crippen LogP contribution in [0.1, 0.15) is 51.0 Å². The zero-order valence-electron chi connectivity index (χ0n) is 11.6. The lowest BCUT2D eigenvalue weighted by Gasteiger charge is -2.21. The summed E-state index contributed by atoms with van der Waals surface area (Å²) in [6, 6.07) is 0. The number of rotatable bonds is 4. The van der Waals surface area contributed by atoms with Crippen molar-refractivity contribution < 1.29 is 5.11 Å². The predicted octanol–water partition coefficient (Wildman–Crippen LogP) is 2.33. The van der Waals surface area contributed by atoms with E-state index in [0.717, 1.165) is 36.2 Å².